The predicted octanol–water partition coefficient (Wildman–Crippen LogP) is 19.0. The smallest absolute Gasteiger partial charge is 0.0726 e. The van der Waals surface area contributed by atoms with E-state index in [4.69, 9.17) is 0 Å². The van der Waals surface area contributed by atoms with E-state index in [0.717, 1.165) is 28.9 Å². The van der Waals surface area contributed by atoms with E-state index >= 15 is 0 Å². The van der Waals surface area contributed by atoms with Gasteiger partial charge in [0.15, 0.2) is 0 Å². The molecule has 10 aromatic carbocycles. The Morgan fingerprint density at radius 2 is 0.921 bits per heavy atom. The van der Waals surface area contributed by atoms with Crippen molar-refractivity contribution in [2.45, 2.75) is 50.4 Å². The quantitative estimate of drug-likeness (QED) is 0.147. The van der Waals surface area contributed by atoms with E-state index in [1.807, 2.05) is 6.08 Å². The highest BCUT2D eigenvalue weighted by atomic mass is 15.2. The van der Waals surface area contributed by atoms with Crippen LogP contribution in [0.15, 0.2) is 255 Å². The molecule has 0 atom stereocenters. The zero-order valence-electron chi connectivity index (χ0n) is 43.4. The van der Waals surface area contributed by atoms with Gasteiger partial charge in [-0.05, 0) is 149 Å². The van der Waals surface area contributed by atoms with Crippen LogP contribution in [0.5, 0.6) is 0 Å². The molecule has 0 saturated carbocycles. The lowest BCUT2D eigenvalue weighted by molar-refractivity contribution is 0.660. The van der Waals surface area contributed by atoms with E-state index in [2.05, 4.69) is 281 Å². The van der Waals surface area contributed by atoms with Gasteiger partial charge in [-0.3, -0.25) is 0 Å². The second-order valence-corrected chi connectivity index (χ2v) is 22.4. The molecule has 362 valence electrons. The summed E-state index contributed by atoms with van der Waals surface area (Å²) in [6.07, 6.45) is 7.43. The molecule has 1 aliphatic heterocycles. The molecule has 0 saturated heterocycles. The van der Waals surface area contributed by atoms with Gasteiger partial charge in [-0.2, -0.15) is 0 Å². The molecule has 4 aliphatic carbocycles. The molecule has 5 aliphatic rings. The summed E-state index contributed by atoms with van der Waals surface area (Å²) in [5.41, 5.74) is 31.2. The van der Waals surface area contributed by atoms with Crippen molar-refractivity contribution < 1.29 is 0 Å². The summed E-state index contributed by atoms with van der Waals surface area (Å²) in [7, 11) is 0. The Balaban J connectivity index is 0.886. The van der Waals surface area contributed by atoms with Gasteiger partial charge in [-0.25, -0.2) is 0 Å². The maximum absolute atomic E-state index is 4.41. The first-order valence-electron chi connectivity index (χ1n) is 26.9. The van der Waals surface area contributed by atoms with E-state index in [-0.39, 0.29) is 10.8 Å². The van der Waals surface area contributed by atoms with Crippen LogP contribution in [-0.2, 0) is 22.7 Å². The largest absolute Gasteiger partial charge is 0.314 e. The summed E-state index contributed by atoms with van der Waals surface area (Å²) in [5, 5.41) is 0. The lowest BCUT2D eigenvalue weighted by Gasteiger charge is -2.32. The second-order valence-electron chi connectivity index (χ2n) is 22.4. The van der Waals surface area contributed by atoms with Crippen LogP contribution in [0.3, 0.4) is 0 Å². The fraction of sp³-hybridized carbons (Fsp3) is 0.108. The lowest BCUT2D eigenvalue weighted by Crippen LogP contribution is -2.26. The zero-order chi connectivity index (χ0) is 51.1. The molecule has 0 aromatic heterocycles. The average molecular weight is 973 g/mol. The summed E-state index contributed by atoms with van der Waals surface area (Å²) in [4.78, 5) is 5.03. The molecule has 0 bridgehead atoms. The zero-order valence-corrected chi connectivity index (χ0v) is 43.4. The predicted molar refractivity (Wildman–Crippen MR) is 318 cm³/mol. The molecule has 0 fully saturated rings. The molecular formula is C74H56N2. The maximum Gasteiger partial charge on any atom is 0.0726 e. The topological polar surface area (TPSA) is 6.48 Å². The van der Waals surface area contributed by atoms with Crippen molar-refractivity contribution in [2.24, 2.45) is 0 Å². The SMILES string of the molecule is C=C/C(=C\C=C1/Cc2cc3c(cc2N1c1ccccc1)C(C)(C)c1ccccc1-3)c1ccc(N(c2cccc3c2-c2ccccc2C3(C)C)c2cccc3c2-c2ccccc2C32c3ccccc3-c3ccccc32)cc1. The summed E-state index contributed by atoms with van der Waals surface area (Å²) in [6, 6.07) is 84.3. The van der Waals surface area contributed by atoms with Crippen LogP contribution in [0, 0.1) is 0 Å². The standard InChI is InChI=1S/C74H56N2/c1-6-47(38-43-52-44-49-45-58-55-26-10-15-29-59(55)73(4,5)66(58)46-69(49)75(52)50-22-8-7-9-23-50)48-39-41-51(42-40-48)76(67-36-20-34-64-70(67)56-27-13-16-30-60(56)72(64,2)3)68-37-21-35-65-71(68)57-28-14-19-33-63(57)74(65)61-31-17-11-24-53(61)54-25-12-18-32-62(54)74/h6-43,45-46H,1,44H2,2-5H3/b47-38+,52-43+. The minimum Gasteiger partial charge on any atom is -0.314 e. The average Bonchev–Trinajstić information content (AvgIpc) is 4.39. The van der Waals surface area contributed by atoms with Gasteiger partial charge in [0, 0.05) is 51.1 Å². The van der Waals surface area contributed by atoms with Gasteiger partial charge in [-0.1, -0.05) is 222 Å². The van der Waals surface area contributed by atoms with Gasteiger partial charge in [-0.15, -0.1) is 0 Å². The van der Waals surface area contributed by atoms with Gasteiger partial charge < -0.3 is 9.80 Å². The molecule has 1 heterocycles. The number of benzene rings is 10. The Hall–Kier alpha value is -8.98. The molecule has 15 rings (SSSR count). The van der Waals surface area contributed by atoms with E-state index in [0.29, 0.717) is 0 Å². The van der Waals surface area contributed by atoms with Crippen molar-refractivity contribution in [3.63, 3.8) is 0 Å². The second kappa shape index (κ2) is 16.3. The van der Waals surface area contributed by atoms with Crippen molar-refractivity contribution in [3.05, 3.63) is 311 Å². The molecule has 2 nitrogen and oxygen atoms in total. The molecular weight excluding hydrogens is 917 g/mol. The number of allylic oxidation sites excluding steroid dienone is 5. The van der Waals surface area contributed by atoms with E-state index in [9.17, 15) is 0 Å². The summed E-state index contributed by atoms with van der Waals surface area (Å²) >= 11 is 0. The van der Waals surface area contributed by atoms with Crippen LogP contribution in [0.2, 0.25) is 0 Å². The molecule has 2 heteroatoms. The normalized spacial score (nSPS) is 16.3. The van der Waals surface area contributed by atoms with Crippen LogP contribution in [0.25, 0.3) is 50.1 Å². The number of para-hydroxylation sites is 1. The van der Waals surface area contributed by atoms with Crippen molar-refractivity contribution >= 4 is 34.0 Å². The molecule has 0 N–H and O–H groups in total. The fourth-order valence-electron chi connectivity index (χ4n) is 14.5. The first-order valence-corrected chi connectivity index (χ1v) is 26.9. The summed E-state index contributed by atoms with van der Waals surface area (Å²) in [5.74, 6) is 0. The number of fused-ring (bicyclic) bond motifs is 17. The highest BCUT2D eigenvalue weighted by Gasteiger charge is 2.52. The number of nitrogens with zero attached hydrogens (tertiary/aromatic N) is 2. The molecule has 0 amide bonds. The van der Waals surface area contributed by atoms with Gasteiger partial charge in [0.2, 0.25) is 0 Å². The number of hydrogen-bond acceptors (Lipinski definition) is 2. The van der Waals surface area contributed by atoms with E-state index in [1.54, 1.807) is 0 Å². The van der Waals surface area contributed by atoms with Crippen LogP contribution >= 0.6 is 0 Å². The van der Waals surface area contributed by atoms with Crippen LogP contribution in [0.4, 0.5) is 28.4 Å². The Morgan fingerprint density at radius 3 is 1.54 bits per heavy atom. The van der Waals surface area contributed by atoms with Crippen LogP contribution < -0.4 is 9.80 Å². The third kappa shape index (κ3) is 5.98. The maximum atomic E-state index is 4.41. The Kier molecular flexibility index (Phi) is 9.52. The van der Waals surface area contributed by atoms with Gasteiger partial charge in [0.25, 0.3) is 0 Å². The lowest BCUT2D eigenvalue weighted by atomic mass is 9.70. The monoisotopic (exact) mass is 972 g/mol. The van der Waals surface area contributed by atoms with E-state index in [1.165, 1.54) is 117 Å². The van der Waals surface area contributed by atoms with Crippen molar-refractivity contribution in [1.82, 2.24) is 0 Å². The molecule has 0 radical (unpaired) electrons. The first-order chi connectivity index (χ1) is 37.2. The molecule has 76 heavy (non-hydrogen) atoms. The molecule has 0 unspecified atom stereocenters. The molecule has 1 spiro atoms. The van der Waals surface area contributed by atoms with Crippen molar-refractivity contribution in [2.75, 3.05) is 9.80 Å². The van der Waals surface area contributed by atoms with Gasteiger partial charge in [0.1, 0.15) is 0 Å². The fourth-order valence-corrected chi connectivity index (χ4v) is 14.5. The highest BCUT2D eigenvalue weighted by molar-refractivity contribution is 6.04. The van der Waals surface area contributed by atoms with Crippen LogP contribution in [0.1, 0.15) is 83.3 Å². The van der Waals surface area contributed by atoms with Crippen molar-refractivity contribution in [1.29, 1.82) is 0 Å². The summed E-state index contributed by atoms with van der Waals surface area (Å²) < 4.78 is 0. The van der Waals surface area contributed by atoms with Crippen molar-refractivity contribution in [3.8, 4) is 44.5 Å². The minimum atomic E-state index is -0.463. The Bertz CT molecular complexity index is 4120. The highest BCUT2D eigenvalue weighted by Crippen LogP contribution is 2.65. The van der Waals surface area contributed by atoms with E-state index < -0.39 is 5.41 Å². The third-order valence-corrected chi connectivity index (χ3v) is 17.9. The van der Waals surface area contributed by atoms with Gasteiger partial charge in [0.05, 0.1) is 16.8 Å². The molecule has 10 aromatic rings. The van der Waals surface area contributed by atoms with Gasteiger partial charge >= 0.3 is 0 Å². The third-order valence-electron chi connectivity index (χ3n) is 17.9. The summed E-state index contributed by atoms with van der Waals surface area (Å²) in [6.45, 7) is 13.9. The van der Waals surface area contributed by atoms with Crippen LogP contribution in [-0.4, -0.2) is 0 Å². The number of rotatable bonds is 7. The first kappa shape index (κ1) is 44.5. The minimum absolute atomic E-state index is 0.0866. The number of anilines is 5. The number of hydrogen-bond donors (Lipinski definition) is 0. The Morgan fingerprint density at radius 1 is 0.447 bits per heavy atom. The Labute approximate surface area is 446 Å².